The van der Waals surface area contributed by atoms with Crippen molar-refractivity contribution in [3.8, 4) is 5.75 Å². The molecule has 0 aliphatic heterocycles. The van der Waals surface area contributed by atoms with Gasteiger partial charge in [-0.25, -0.2) is 21.6 Å². The molecular weight excluding hydrogens is 477 g/mol. The molecule has 11 heteroatoms. The minimum absolute atomic E-state index is 0.0136. The summed E-state index contributed by atoms with van der Waals surface area (Å²) in [7, 11) is -2.63. The van der Waals surface area contributed by atoms with E-state index in [0.29, 0.717) is 22.7 Å². The van der Waals surface area contributed by atoms with Crippen LogP contribution in [0, 0.1) is 17.5 Å². The molecule has 0 unspecified atom stereocenters. The molecule has 0 saturated heterocycles. The molecular formula is C18H18BrF3N2O4S. The van der Waals surface area contributed by atoms with Crippen molar-refractivity contribution < 1.29 is 31.1 Å². The van der Waals surface area contributed by atoms with Crippen molar-refractivity contribution >= 4 is 37.5 Å². The van der Waals surface area contributed by atoms with Gasteiger partial charge in [-0.3, -0.25) is 4.79 Å². The first-order chi connectivity index (χ1) is 13.6. The lowest BCUT2D eigenvalue weighted by Gasteiger charge is -2.21. The number of amides is 1. The summed E-state index contributed by atoms with van der Waals surface area (Å²) in [5.74, 6) is -5.18. The number of hydrogen-bond donors (Lipinski definition) is 1. The summed E-state index contributed by atoms with van der Waals surface area (Å²) < 4.78 is 72.3. The summed E-state index contributed by atoms with van der Waals surface area (Å²) in [6.07, 6.45) is 0.406. The van der Waals surface area contributed by atoms with Gasteiger partial charge in [0.15, 0.2) is 17.5 Å². The van der Waals surface area contributed by atoms with Crippen LogP contribution >= 0.6 is 15.9 Å². The molecule has 2 aromatic carbocycles. The molecule has 0 spiro atoms. The van der Waals surface area contributed by atoms with E-state index in [2.05, 4.69) is 21.2 Å². The Morgan fingerprint density at radius 2 is 1.86 bits per heavy atom. The van der Waals surface area contributed by atoms with Gasteiger partial charge in [0, 0.05) is 6.54 Å². The number of ether oxygens (including phenoxy) is 1. The SMILES string of the molecule is CCCN(CC(=O)Nc1ccc(F)c(F)c1F)S(=O)(=O)c1ccc(OC)c(Br)c1. The number of methoxy groups -OCH3 is 1. The fraction of sp³-hybridized carbons (Fsp3) is 0.278. The maximum Gasteiger partial charge on any atom is 0.243 e. The standard InChI is InChI=1S/C18H18BrF3N2O4S/c1-3-8-24(29(26,27)11-4-7-15(28-2)12(19)9-11)10-16(25)23-14-6-5-13(20)17(21)18(14)22/h4-7,9H,3,8,10H2,1-2H3,(H,23,25). The third-order valence-corrected chi connectivity index (χ3v) is 6.32. The van der Waals surface area contributed by atoms with E-state index < -0.39 is 45.6 Å². The van der Waals surface area contributed by atoms with Crippen molar-refractivity contribution in [1.29, 1.82) is 0 Å². The molecule has 0 heterocycles. The van der Waals surface area contributed by atoms with Crippen LogP contribution in [-0.2, 0) is 14.8 Å². The molecule has 0 atom stereocenters. The summed E-state index contributed by atoms with van der Waals surface area (Å²) in [6, 6.07) is 5.63. The van der Waals surface area contributed by atoms with Gasteiger partial charge in [0.1, 0.15) is 5.75 Å². The quantitative estimate of drug-likeness (QED) is 0.564. The number of nitrogens with zero attached hydrogens (tertiary/aromatic N) is 1. The van der Waals surface area contributed by atoms with Gasteiger partial charge in [0.2, 0.25) is 15.9 Å². The topological polar surface area (TPSA) is 75.7 Å². The molecule has 0 bridgehead atoms. The number of rotatable bonds is 8. The van der Waals surface area contributed by atoms with Crippen LogP contribution in [0.25, 0.3) is 0 Å². The molecule has 2 rings (SSSR count). The van der Waals surface area contributed by atoms with Crippen LogP contribution in [0.1, 0.15) is 13.3 Å². The van der Waals surface area contributed by atoms with Crippen LogP contribution in [-0.4, -0.2) is 38.8 Å². The molecule has 1 N–H and O–H groups in total. The summed E-state index contributed by atoms with van der Waals surface area (Å²) >= 11 is 3.21. The largest absolute Gasteiger partial charge is 0.496 e. The van der Waals surface area contributed by atoms with Gasteiger partial charge >= 0.3 is 0 Å². The zero-order valence-corrected chi connectivity index (χ0v) is 17.9. The lowest BCUT2D eigenvalue weighted by Crippen LogP contribution is -2.38. The summed E-state index contributed by atoms with van der Waals surface area (Å²) in [5, 5.41) is 2.06. The van der Waals surface area contributed by atoms with Crippen LogP contribution in [0.5, 0.6) is 5.75 Å². The molecule has 6 nitrogen and oxygen atoms in total. The monoisotopic (exact) mass is 494 g/mol. The van der Waals surface area contributed by atoms with Crippen molar-refractivity contribution in [2.45, 2.75) is 18.2 Å². The molecule has 0 aromatic heterocycles. The first-order valence-corrected chi connectivity index (χ1v) is 10.6. The highest BCUT2D eigenvalue weighted by Gasteiger charge is 2.27. The van der Waals surface area contributed by atoms with E-state index >= 15 is 0 Å². The zero-order chi connectivity index (χ0) is 21.8. The number of hydrogen-bond acceptors (Lipinski definition) is 4. The van der Waals surface area contributed by atoms with Crippen LogP contribution in [0.15, 0.2) is 39.7 Å². The molecule has 0 saturated carbocycles. The fourth-order valence-corrected chi connectivity index (χ4v) is 4.67. The Kier molecular flexibility index (Phi) is 7.66. The summed E-state index contributed by atoms with van der Waals surface area (Å²) in [4.78, 5) is 12.2. The molecule has 2 aromatic rings. The average Bonchev–Trinajstić information content (AvgIpc) is 2.68. The van der Waals surface area contributed by atoms with E-state index in [9.17, 15) is 26.4 Å². The molecule has 1 amide bonds. The van der Waals surface area contributed by atoms with E-state index in [1.165, 1.54) is 25.3 Å². The Bertz CT molecular complexity index is 1020. The molecule has 0 radical (unpaired) electrons. The van der Waals surface area contributed by atoms with Crippen molar-refractivity contribution in [3.05, 3.63) is 52.3 Å². The van der Waals surface area contributed by atoms with Gasteiger partial charge in [0.25, 0.3) is 0 Å². The lowest BCUT2D eigenvalue weighted by atomic mass is 10.2. The van der Waals surface area contributed by atoms with Crippen LogP contribution in [0.4, 0.5) is 18.9 Å². The lowest BCUT2D eigenvalue weighted by molar-refractivity contribution is -0.116. The predicted molar refractivity (Wildman–Crippen MR) is 105 cm³/mol. The molecule has 0 aliphatic rings. The van der Waals surface area contributed by atoms with Crippen molar-refractivity contribution in [2.75, 3.05) is 25.5 Å². The van der Waals surface area contributed by atoms with E-state index in [4.69, 9.17) is 4.74 Å². The van der Waals surface area contributed by atoms with Gasteiger partial charge in [-0.1, -0.05) is 6.92 Å². The highest BCUT2D eigenvalue weighted by atomic mass is 79.9. The Labute approximate surface area is 174 Å². The van der Waals surface area contributed by atoms with Crippen molar-refractivity contribution in [2.24, 2.45) is 0 Å². The summed E-state index contributed by atoms with van der Waals surface area (Å²) in [6.45, 7) is 1.09. The number of carbonyl (C=O) groups excluding carboxylic acids is 1. The minimum atomic E-state index is -4.06. The third kappa shape index (κ3) is 5.28. The average molecular weight is 495 g/mol. The normalized spacial score (nSPS) is 11.6. The van der Waals surface area contributed by atoms with Crippen LogP contribution in [0.3, 0.4) is 0 Å². The predicted octanol–water partition coefficient (Wildman–Crippen LogP) is 3.91. The second-order valence-corrected chi connectivity index (χ2v) is 8.70. The highest BCUT2D eigenvalue weighted by molar-refractivity contribution is 9.10. The highest BCUT2D eigenvalue weighted by Crippen LogP contribution is 2.29. The number of sulfonamides is 1. The van der Waals surface area contributed by atoms with Gasteiger partial charge in [0.05, 0.1) is 28.7 Å². The third-order valence-electron chi connectivity index (χ3n) is 3.86. The van der Waals surface area contributed by atoms with Crippen LogP contribution < -0.4 is 10.1 Å². The number of benzene rings is 2. The van der Waals surface area contributed by atoms with Gasteiger partial charge in [-0.05, 0) is 52.7 Å². The van der Waals surface area contributed by atoms with E-state index in [-0.39, 0.29) is 11.4 Å². The second kappa shape index (κ2) is 9.59. The molecule has 29 heavy (non-hydrogen) atoms. The van der Waals surface area contributed by atoms with E-state index in [1.807, 2.05) is 0 Å². The van der Waals surface area contributed by atoms with Crippen molar-refractivity contribution in [1.82, 2.24) is 4.31 Å². The Morgan fingerprint density at radius 3 is 2.45 bits per heavy atom. The first-order valence-electron chi connectivity index (χ1n) is 8.38. The van der Waals surface area contributed by atoms with Gasteiger partial charge < -0.3 is 10.1 Å². The smallest absolute Gasteiger partial charge is 0.243 e. The first kappa shape index (κ1) is 23.2. The molecule has 0 fully saturated rings. The zero-order valence-electron chi connectivity index (χ0n) is 15.5. The molecule has 0 aliphatic carbocycles. The van der Waals surface area contributed by atoms with Gasteiger partial charge in [-0.15, -0.1) is 0 Å². The van der Waals surface area contributed by atoms with Gasteiger partial charge in [-0.2, -0.15) is 4.31 Å². The number of nitrogens with one attached hydrogen (secondary N) is 1. The Balaban J connectivity index is 2.26. The fourth-order valence-electron chi connectivity index (χ4n) is 2.46. The van der Waals surface area contributed by atoms with Crippen molar-refractivity contribution in [3.63, 3.8) is 0 Å². The number of carbonyl (C=O) groups is 1. The molecule has 158 valence electrons. The Hall–Kier alpha value is -2.11. The number of anilines is 1. The Morgan fingerprint density at radius 1 is 1.17 bits per heavy atom. The second-order valence-electron chi connectivity index (χ2n) is 5.91. The maximum absolute atomic E-state index is 13.7. The number of halogens is 4. The van der Waals surface area contributed by atoms with E-state index in [0.717, 1.165) is 10.4 Å². The maximum atomic E-state index is 13.7. The van der Waals surface area contributed by atoms with Crippen LogP contribution in [0.2, 0.25) is 0 Å². The summed E-state index contributed by atoms with van der Waals surface area (Å²) in [5.41, 5.74) is -0.588. The van der Waals surface area contributed by atoms with E-state index in [1.54, 1.807) is 6.92 Å². The minimum Gasteiger partial charge on any atom is -0.496 e.